The van der Waals surface area contributed by atoms with E-state index in [4.69, 9.17) is 4.52 Å². The van der Waals surface area contributed by atoms with Gasteiger partial charge in [-0.1, -0.05) is 5.16 Å². The van der Waals surface area contributed by atoms with Gasteiger partial charge >= 0.3 is 0 Å². The van der Waals surface area contributed by atoms with E-state index in [1.54, 1.807) is 11.5 Å². The quantitative estimate of drug-likeness (QED) is 0.543. The van der Waals surface area contributed by atoms with Gasteiger partial charge in [-0.2, -0.15) is 4.98 Å². The third-order valence-corrected chi connectivity index (χ3v) is 4.74. The number of nitrogens with zero attached hydrogens (tertiary/aromatic N) is 5. The zero-order chi connectivity index (χ0) is 19.8. The Morgan fingerprint density at radius 2 is 1.75 bits per heavy atom. The predicted octanol–water partition coefficient (Wildman–Crippen LogP) is 3.51. The molecule has 0 radical (unpaired) electrons. The lowest BCUT2D eigenvalue weighted by atomic mass is 10.1. The standard InChI is InChI=1S/C21H21N5O2/c1-5-26-18-11-8-15(12-17(18)22-13(2)21(26)27)19-23-20(28-24-19)14-6-9-16(10-7-14)25(3)4/h6-12H,5H2,1-4H3. The summed E-state index contributed by atoms with van der Waals surface area (Å²) in [6.45, 7) is 4.26. The molecular formula is C21H21N5O2. The lowest BCUT2D eigenvalue weighted by molar-refractivity contribution is 0.432. The van der Waals surface area contributed by atoms with Crippen LogP contribution in [-0.4, -0.2) is 33.8 Å². The van der Waals surface area contributed by atoms with Gasteiger partial charge in [-0.3, -0.25) is 4.79 Å². The molecule has 7 heteroatoms. The molecule has 0 atom stereocenters. The summed E-state index contributed by atoms with van der Waals surface area (Å²) in [5.41, 5.74) is 4.69. The lowest BCUT2D eigenvalue weighted by Crippen LogP contribution is -2.23. The number of aryl methyl sites for hydroxylation is 2. The van der Waals surface area contributed by atoms with Gasteiger partial charge < -0.3 is 14.0 Å². The van der Waals surface area contributed by atoms with Gasteiger partial charge in [0.15, 0.2) is 0 Å². The highest BCUT2D eigenvalue weighted by atomic mass is 16.5. The number of aromatic nitrogens is 4. The molecule has 142 valence electrons. The van der Waals surface area contributed by atoms with Gasteiger partial charge in [0.05, 0.1) is 11.0 Å². The Morgan fingerprint density at radius 3 is 2.43 bits per heavy atom. The highest BCUT2D eigenvalue weighted by Gasteiger charge is 2.13. The van der Waals surface area contributed by atoms with Gasteiger partial charge in [0, 0.05) is 37.5 Å². The van der Waals surface area contributed by atoms with Gasteiger partial charge in [-0.05, 0) is 56.3 Å². The van der Waals surface area contributed by atoms with Crippen LogP contribution in [0, 0.1) is 6.92 Å². The van der Waals surface area contributed by atoms with E-state index >= 15 is 0 Å². The molecule has 0 bridgehead atoms. The number of fused-ring (bicyclic) bond motifs is 1. The van der Waals surface area contributed by atoms with Gasteiger partial charge in [0.2, 0.25) is 5.82 Å². The number of hydrogen-bond acceptors (Lipinski definition) is 6. The van der Waals surface area contributed by atoms with Crippen LogP contribution in [0.25, 0.3) is 33.9 Å². The molecule has 0 unspecified atom stereocenters. The van der Waals surface area contributed by atoms with Crippen LogP contribution in [-0.2, 0) is 6.54 Å². The van der Waals surface area contributed by atoms with E-state index in [1.165, 1.54) is 0 Å². The SMILES string of the molecule is CCn1c(=O)c(C)nc2cc(-c3noc(-c4ccc(N(C)C)cc4)n3)ccc21. The molecule has 0 saturated carbocycles. The Bertz CT molecular complexity index is 1210. The van der Waals surface area contributed by atoms with Crippen molar-refractivity contribution in [2.45, 2.75) is 20.4 Å². The number of benzene rings is 2. The fourth-order valence-corrected chi connectivity index (χ4v) is 3.19. The van der Waals surface area contributed by atoms with E-state index in [9.17, 15) is 4.79 Å². The van der Waals surface area contributed by atoms with Crippen molar-refractivity contribution in [1.29, 1.82) is 0 Å². The summed E-state index contributed by atoms with van der Waals surface area (Å²) >= 11 is 0. The Balaban J connectivity index is 1.73. The second-order valence-corrected chi connectivity index (χ2v) is 6.81. The van der Waals surface area contributed by atoms with Crippen molar-refractivity contribution in [3.8, 4) is 22.8 Å². The molecule has 2 aromatic heterocycles. The Morgan fingerprint density at radius 1 is 1.04 bits per heavy atom. The van der Waals surface area contributed by atoms with Crippen molar-refractivity contribution >= 4 is 16.7 Å². The molecule has 0 spiro atoms. The summed E-state index contributed by atoms with van der Waals surface area (Å²) in [5.74, 6) is 0.949. The zero-order valence-corrected chi connectivity index (χ0v) is 16.3. The molecule has 0 fully saturated rings. The third kappa shape index (κ3) is 3.05. The second-order valence-electron chi connectivity index (χ2n) is 6.81. The van der Waals surface area contributed by atoms with E-state index in [2.05, 4.69) is 15.1 Å². The monoisotopic (exact) mass is 375 g/mol. The Kier molecular flexibility index (Phi) is 4.43. The fraction of sp³-hybridized carbons (Fsp3) is 0.238. The summed E-state index contributed by atoms with van der Waals surface area (Å²) in [6.07, 6.45) is 0. The summed E-state index contributed by atoms with van der Waals surface area (Å²) < 4.78 is 7.17. The topological polar surface area (TPSA) is 77.0 Å². The van der Waals surface area contributed by atoms with Crippen LogP contribution < -0.4 is 10.5 Å². The van der Waals surface area contributed by atoms with Gasteiger partial charge in [0.1, 0.15) is 5.69 Å². The predicted molar refractivity (Wildman–Crippen MR) is 109 cm³/mol. The Labute approximate surface area is 162 Å². The first-order chi connectivity index (χ1) is 13.5. The van der Waals surface area contributed by atoms with Crippen LogP contribution in [0.3, 0.4) is 0 Å². The van der Waals surface area contributed by atoms with Crippen molar-refractivity contribution < 1.29 is 4.52 Å². The van der Waals surface area contributed by atoms with Gasteiger partial charge in [0.25, 0.3) is 11.4 Å². The first kappa shape index (κ1) is 17.9. The van der Waals surface area contributed by atoms with Gasteiger partial charge in [-0.25, -0.2) is 4.98 Å². The number of hydrogen-bond donors (Lipinski definition) is 0. The molecule has 4 rings (SSSR count). The summed E-state index contributed by atoms with van der Waals surface area (Å²) in [6, 6.07) is 13.6. The summed E-state index contributed by atoms with van der Waals surface area (Å²) in [4.78, 5) is 23.2. The average molecular weight is 375 g/mol. The summed E-state index contributed by atoms with van der Waals surface area (Å²) in [5, 5.41) is 4.12. The number of anilines is 1. The van der Waals surface area contributed by atoms with Crippen LogP contribution in [0.1, 0.15) is 12.6 Å². The van der Waals surface area contributed by atoms with Crippen molar-refractivity contribution in [3.63, 3.8) is 0 Å². The van der Waals surface area contributed by atoms with Crippen molar-refractivity contribution in [3.05, 3.63) is 58.5 Å². The molecular weight excluding hydrogens is 354 g/mol. The van der Waals surface area contributed by atoms with E-state index in [-0.39, 0.29) is 5.56 Å². The van der Waals surface area contributed by atoms with Crippen molar-refractivity contribution in [1.82, 2.24) is 19.7 Å². The normalized spacial score (nSPS) is 11.1. The largest absolute Gasteiger partial charge is 0.378 e. The fourth-order valence-electron chi connectivity index (χ4n) is 3.19. The molecule has 0 N–H and O–H groups in total. The Hall–Kier alpha value is -3.48. The lowest BCUT2D eigenvalue weighted by Gasteiger charge is -2.11. The smallest absolute Gasteiger partial charge is 0.272 e. The van der Waals surface area contributed by atoms with E-state index in [1.807, 2.05) is 68.4 Å². The van der Waals surface area contributed by atoms with Gasteiger partial charge in [-0.15, -0.1) is 0 Å². The molecule has 7 nitrogen and oxygen atoms in total. The first-order valence-electron chi connectivity index (χ1n) is 9.11. The molecule has 2 aromatic carbocycles. The molecule has 0 saturated heterocycles. The first-order valence-corrected chi connectivity index (χ1v) is 9.11. The maximum Gasteiger partial charge on any atom is 0.272 e. The molecule has 0 aliphatic heterocycles. The molecule has 0 aliphatic rings. The van der Waals surface area contributed by atoms with Crippen LogP contribution in [0.4, 0.5) is 5.69 Å². The van der Waals surface area contributed by atoms with Crippen LogP contribution in [0.2, 0.25) is 0 Å². The molecule has 4 aromatic rings. The van der Waals surface area contributed by atoms with E-state index in [0.717, 1.165) is 27.8 Å². The van der Waals surface area contributed by atoms with Crippen LogP contribution >= 0.6 is 0 Å². The number of rotatable bonds is 4. The van der Waals surface area contributed by atoms with Crippen molar-refractivity contribution in [2.75, 3.05) is 19.0 Å². The van der Waals surface area contributed by atoms with Crippen LogP contribution in [0.5, 0.6) is 0 Å². The highest BCUT2D eigenvalue weighted by molar-refractivity contribution is 5.80. The minimum atomic E-state index is -0.0641. The maximum absolute atomic E-state index is 12.3. The highest BCUT2D eigenvalue weighted by Crippen LogP contribution is 2.25. The maximum atomic E-state index is 12.3. The third-order valence-electron chi connectivity index (χ3n) is 4.74. The minimum Gasteiger partial charge on any atom is -0.378 e. The molecule has 28 heavy (non-hydrogen) atoms. The molecule has 0 aliphatic carbocycles. The van der Waals surface area contributed by atoms with Crippen molar-refractivity contribution in [2.24, 2.45) is 0 Å². The second kappa shape index (κ2) is 6.92. The summed E-state index contributed by atoms with van der Waals surface area (Å²) in [7, 11) is 3.99. The average Bonchev–Trinajstić information content (AvgIpc) is 3.19. The zero-order valence-electron chi connectivity index (χ0n) is 16.3. The van der Waals surface area contributed by atoms with E-state index < -0.39 is 0 Å². The minimum absolute atomic E-state index is 0.0641. The molecule has 2 heterocycles. The van der Waals surface area contributed by atoms with E-state index in [0.29, 0.717) is 24.0 Å². The van der Waals surface area contributed by atoms with Crippen LogP contribution in [0.15, 0.2) is 51.8 Å². The molecule has 0 amide bonds.